The normalized spacial score (nSPS) is 16.1. The van der Waals surface area contributed by atoms with Gasteiger partial charge < -0.3 is 0 Å². The minimum atomic E-state index is -3.51. The van der Waals surface area contributed by atoms with Gasteiger partial charge in [0.2, 0.25) is 10.0 Å². The Hall–Kier alpha value is -1.72. The second kappa shape index (κ2) is 7.67. The fourth-order valence-electron chi connectivity index (χ4n) is 3.50. The smallest absolute Gasteiger partial charge is 0.240 e. The minimum absolute atomic E-state index is 0.280. The van der Waals surface area contributed by atoms with Crippen molar-refractivity contribution in [2.24, 2.45) is 0 Å². The van der Waals surface area contributed by atoms with Crippen LogP contribution in [0.25, 0.3) is 0 Å². The zero-order valence-electron chi connectivity index (χ0n) is 15.0. The van der Waals surface area contributed by atoms with Crippen LogP contribution in [0.3, 0.4) is 0 Å². The Kier molecular flexibility index (Phi) is 5.54. The van der Waals surface area contributed by atoms with Crippen molar-refractivity contribution >= 4 is 10.0 Å². The average molecular weight is 359 g/mol. The Morgan fingerprint density at radius 1 is 1.04 bits per heavy atom. The van der Waals surface area contributed by atoms with Crippen molar-refractivity contribution in [3.8, 4) is 0 Å². The van der Waals surface area contributed by atoms with Gasteiger partial charge >= 0.3 is 0 Å². The number of nitrogens with zero attached hydrogens (tertiary/aromatic N) is 1. The zero-order chi connectivity index (χ0) is 17.9. The molecule has 134 valence electrons. The van der Waals surface area contributed by atoms with Gasteiger partial charge in [0.25, 0.3) is 0 Å². The van der Waals surface area contributed by atoms with Crippen molar-refractivity contribution in [3.63, 3.8) is 0 Å². The van der Waals surface area contributed by atoms with Crippen molar-refractivity contribution in [1.82, 2.24) is 9.71 Å². The molecule has 0 aliphatic heterocycles. The molecule has 1 aliphatic carbocycles. The van der Waals surface area contributed by atoms with E-state index in [-0.39, 0.29) is 6.54 Å². The Labute approximate surface area is 150 Å². The van der Waals surface area contributed by atoms with E-state index in [0.717, 1.165) is 16.8 Å². The fourth-order valence-corrected chi connectivity index (χ4v) is 4.50. The standard InChI is InChI=1S/C20H26N2O2S/c1-15-16(2)21-13-12-19(15)14-22-25(23,24)20-10-8-18(9-11-20)17-6-4-3-5-7-17/h8-13,17,22H,3-7,14H2,1-2H3. The van der Waals surface area contributed by atoms with Crippen LogP contribution in [0.4, 0.5) is 0 Å². The summed E-state index contributed by atoms with van der Waals surface area (Å²) in [7, 11) is -3.51. The highest BCUT2D eigenvalue weighted by Crippen LogP contribution is 2.32. The van der Waals surface area contributed by atoms with Gasteiger partial charge in [-0.3, -0.25) is 4.98 Å². The molecule has 25 heavy (non-hydrogen) atoms. The molecule has 0 atom stereocenters. The van der Waals surface area contributed by atoms with E-state index in [1.165, 1.54) is 37.7 Å². The fraction of sp³-hybridized carbons (Fsp3) is 0.450. The lowest BCUT2D eigenvalue weighted by Gasteiger charge is -2.22. The lowest BCUT2D eigenvalue weighted by molar-refractivity contribution is 0.443. The number of rotatable bonds is 5. The van der Waals surface area contributed by atoms with Crippen LogP contribution in [0.5, 0.6) is 0 Å². The van der Waals surface area contributed by atoms with Crippen molar-refractivity contribution < 1.29 is 8.42 Å². The molecule has 0 saturated heterocycles. The number of aryl methyl sites for hydroxylation is 1. The van der Waals surface area contributed by atoms with E-state index in [1.54, 1.807) is 18.3 Å². The van der Waals surface area contributed by atoms with E-state index in [2.05, 4.69) is 9.71 Å². The first-order valence-electron chi connectivity index (χ1n) is 8.98. The molecule has 5 heteroatoms. The Morgan fingerprint density at radius 2 is 1.72 bits per heavy atom. The van der Waals surface area contributed by atoms with Gasteiger partial charge in [-0.25, -0.2) is 13.1 Å². The Morgan fingerprint density at radius 3 is 2.40 bits per heavy atom. The van der Waals surface area contributed by atoms with Gasteiger partial charge in [-0.15, -0.1) is 0 Å². The molecule has 0 radical (unpaired) electrons. The van der Waals surface area contributed by atoms with Crippen molar-refractivity contribution in [3.05, 3.63) is 58.9 Å². The van der Waals surface area contributed by atoms with E-state index in [1.807, 2.05) is 32.0 Å². The monoisotopic (exact) mass is 358 g/mol. The van der Waals surface area contributed by atoms with Gasteiger partial charge in [-0.1, -0.05) is 31.4 Å². The molecule has 0 bridgehead atoms. The SMILES string of the molecule is Cc1nccc(CNS(=O)(=O)c2ccc(C3CCCCC3)cc2)c1C. The Balaban J connectivity index is 1.70. The third-order valence-electron chi connectivity index (χ3n) is 5.29. The number of hydrogen-bond donors (Lipinski definition) is 1. The van der Waals surface area contributed by atoms with E-state index in [0.29, 0.717) is 10.8 Å². The van der Waals surface area contributed by atoms with Crippen molar-refractivity contribution in [2.75, 3.05) is 0 Å². The van der Waals surface area contributed by atoms with Gasteiger partial charge in [0.05, 0.1) is 4.90 Å². The van der Waals surface area contributed by atoms with Crippen LogP contribution >= 0.6 is 0 Å². The predicted octanol–water partition coefficient (Wildman–Crippen LogP) is 4.22. The molecule has 1 fully saturated rings. The maximum atomic E-state index is 12.6. The van der Waals surface area contributed by atoms with E-state index in [9.17, 15) is 8.42 Å². The van der Waals surface area contributed by atoms with Crippen LogP contribution in [0, 0.1) is 13.8 Å². The molecule has 2 aromatic rings. The van der Waals surface area contributed by atoms with Gasteiger partial charge in [-0.2, -0.15) is 0 Å². The summed E-state index contributed by atoms with van der Waals surface area (Å²) in [5.41, 5.74) is 4.17. The lowest BCUT2D eigenvalue weighted by Crippen LogP contribution is -2.24. The molecular weight excluding hydrogens is 332 g/mol. The van der Waals surface area contributed by atoms with Gasteiger partial charge in [0.15, 0.2) is 0 Å². The molecule has 0 spiro atoms. The number of benzene rings is 1. The number of pyridine rings is 1. The second-order valence-electron chi connectivity index (χ2n) is 6.91. The molecular formula is C20H26N2O2S. The third kappa shape index (κ3) is 4.28. The van der Waals surface area contributed by atoms with Crippen LogP contribution in [-0.4, -0.2) is 13.4 Å². The first-order chi connectivity index (χ1) is 12.0. The highest BCUT2D eigenvalue weighted by Gasteiger charge is 2.18. The van der Waals surface area contributed by atoms with Crippen molar-refractivity contribution in [1.29, 1.82) is 0 Å². The summed E-state index contributed by atoms with van der Waals surface area (Å²) in [5.74, 6) is 0.584. The summed E-state index contributed by atoms with van der Waals surface area (Å²) in [6.45, 7) is 4.17. The van der Waals surface area contributed by atoms with Crippen LogP contribution in [0.15, 0.2) is 41.4 Å². The van der Waals surface area contributed by atoms with Gasteiger partial charge in [0, 0.05) is 18.4 Å². The van der Waals surface area contributed by atoms with Crippen LogP contribution in [0.2, 0.25) is 0 Å². The maximum absolute atomic E-state index is 12.6. The molecule has 4 nitrogen and oxygen atoms in total. The highest BCUT2D eigenvalue weighted by atomic mass is 32.2. The average Bonchev–Trinajstić information content (AvgIpc) is 2.64. The van der Waals surface area contributed by atoms with Crippen LogP contribution < -0.4 is 4.72 Å². The molecule has 1 N–H and O–H groups in total. The largest absolute Gasteiger partial charge is 0.261 e. The summed E-state index contributed by atoms with van der Waals surface area (Å²) in [4.78, 5) is 4.55. The quantitative estimate of drug-likeness (QED) is 0.870. The molecule has 1 aromatic carbocycles. The molecule has 3 rings (SSSR count). The predicted molar refractivity (Wildman–Crippen MR) is 100 cm³/mol. The Bertz CT molecular complexity index is 823. The maximum Gasteiger partial charge on any atom is 0.240 e. The van der Waals surface area contributed by atoms with Crippen LogP contribution in [-0.2, 0) is 16.6 Å². The number of hydrogen-bond acceptors (Lipinski definition) is 3. The molecule has 1 saturated carbocycles. The zero-order valence-corrected chi connectivity index (χ0v) is 15.8. The summed E-state index contributed by atoms with van der Waals surface area (Å²) in [5, 5.41) is 0. The highest BCUT2D eigenvalue weighted by molar-refractivity contribution is 7.89. The minimum Gasteiger partial charge on any atom is -0.261 e. The molecule has 1 aromatic heterocycles. The van der Waals surface area contributed by atoms with Crippen LogP contribution in [0.1, 0.15) is 60.4 Å². The van der Waals surface area contributed by atoms with Gasteiger partial charge in [0.1, 0.15) is 0 Å². The molecule has 0 amide bonds. The summed E-state index contributed by atoms with van der Waals surface area (Å²) in [6.07, 6.45) is 8.01. The topological polar surface area (TPSA) is 59.1 Å². The van der Waals surface area contributed by atoms with E-state index in [4.69, 9.17) is 0 Å². The van der Waals surface area contributed by atoms with Crippen molar-refractivity contribution in [2.45, 2.75) is 63.3 Å². The van der Waals surface area contributed by atoms with E-state index >= 15 is 0 Å². The summed E-state index contributed by atoms with van der Waals surface area (Å²) in [6, 6.07) is 9.28. The second-order valence-corrected chi connectivity index (χ2v) is 8.68. The first-order valence-corrected chi connectivity index (χ1v) is 10.5. The molecule has 1 heterocycles. The lowest BCUT2D eigenvalue weighted by atomic mass is 9.84. The number of aromatic nitrogens is 1. The van der Waals surface area contributed by atoms with Gasteiger partial charge in [-0.05, 0) is 67.5 Å². The number of nitrogens with one attached hydrogen (secondary N) is 1. The summed E-state index contributed by atoms with van der Waals surface area (Å²) < 4.78 is 27.8. The number of sulfonamides is 1. The molecule has 0 unspecified atom stereocenters. The summed E-state index contributed by atoms with van der Waals surface area (Å²) >= 11 is 0. The molecule has 1 aliphatic rings. The third-order valence-corrected chi connectivity index (χ3v) is 6.71. The van der Waals surface area contributed by atoms with E-state index < -0.39 is 10.0 Å². The first kappa shape index (κ1) is 18.1.